The normalized spacial score (nSPS) is 13.1. The quantitative estimate of drug-likeness (QED) is 0.834. The second kappa shape index (κ2) is 7.40. The van der Waals surface area contributed by atoms with Gasteiger partial charge in [0.25, 0.3) is 10.0 Å². The van der Waals surface area contributed by atoms with Crippen LogP contribution < -0.4 is 10.0 Å². The Morgan fingerprint density at radius 2 is 2.00 bits per heavy atom. The summed E-state index contributed by atoms with van der Waals surface area (Å²) in [5.74, 6) is 0. The number of hydrogen-bond acceptors (Lipinski definition) is 5. The number of aromatic nitrogens is 1. The third-order valence-corrected chi connectivity index (χ3v) is 5.34. The van der Waals surface area contributed by atoms with Crippen LogP contribution in [-0.2, 0) is 10.0 Å². The summed E-state index contributed by atoms with van der Waals surface area (Å²) in [4.78, 5) is 4.12. The van der Waals surface area contributed by atoms with E-state index in [1.807, 2.05) is 13.8 Å². The van der Waals surface area contributed by atoms with Crippen molar-refractivity contribution in [2.45, 2.75) is 37.9 Å². The van der Waals surface area contributed by atoms with Crippen molar-refractivity contribution in [3.8, 4) is 0 Å². The molecule has 1 aromatic rings. The maximum Gasteiger partial charge on any atom is 0.251 e. The highest BCUT2D eigenvalue weighted by atomic mass is 35.5. The van der Waals surface area contributed by atoms with E-state index in [0.29, 0.717) is 16.4 Å². The molecule has 0 aliphatic carbocycles. The van der Waals surface area contributed by atoms with Crippen molar-refractivity contribution in [2.75, 3.05) is 13.1 Å². The zero-order chi connectivity index (χ0) is 13.1. The number of likely N-dealkylation sites (N-methyl/N-ethyl adjacent to an activating group) is 1. The van der Waals surface area contributed by atoms with Crippen LogP contribution in [0.4, 0.5) is 0 Å². The van der Waals surface area contributed by atoms with Gasteiger partial charge in [0.1, 0.15) is 0 Å². The van der Waals surface area contributed by atoms with E-state index in [0.717, 1.165) is 11.6 Å². The van der Waals surface area contributed by atoms with Crippen LogP contribution >= 0.6 is 23.7 Å². The van der Waals surface area contributed by atoms with Crippen molar-refractivity contribution in [2.24, 2.45) is 0 Å². The summed E-state index contributed by atoms with van der Waals surface area (Å²) in [5.41, 5.74) is 0.566. The largest absolute Gasteiger partial charge is 0.313 e. The van der Waals surface area contributed by atoms with Crippen LogP contribution in [-0.4, -0.2) is 32.5 Å². The summed E-state index contributed by atoms with van der Waals surface area (Å²) in [7, 11) is -3.42. The van der Waals surface area contributed by atoms with Gasteiger partial charge in [0.15, 0.2) is 4.21 Å². The predicted octanol–water partition coefficient (Wildman–Crippen LogP) is 1.46. The summed E-state index contributed by atoms with van der Waals surface area (Å²) >= 11 is 1.20. The third kappa shape index (κ3) is 4.81. The van der Waals surface area contributed by atoms with Crippen molar-refractivity contribution in [3.63, 3.8) is 0 Å². The Kier molecular flexibility index (Phi) is 7.31. The van der Waals surface area contributed by atoms with Gasteiger partial charge in [-0.2, -0.15) is 0 Å². The standard InChI is InChI=1S/C10H19N3O2S2.ClH/c1-5-11-7(2)6-12-17(14,15)10-8(3)13-9(4)16-10;/h7,11-12H,5-6H2,1-4H3;1H/t7-;/m1./s1. The molecule has 0 radical (unpaired) electrons. The number of hydrogen-bond donors (Lipinski definition) is 2. The number of sulfonamides is 1. The number of thiazole rings is 1. The maximum atomic E-state index is 12.0. The highest BCUT2D eigenvalue weighted by Crippen LogP contribution is 2.22. The average Bonchev–Trinajstić information content (AvgIpc) is 2.56. The molecule has 0 saturated carbocycles. The van der Waals surface area contributed by atoms with Crippen LogP contribution in [0.5, 0.6) is 0 Å². The zero-order valence-corrected chi connectivity index (χ0v) is 13.4. The summed E-state index contributed by atoms with van der Waals surface area (Å²) < 4.78 is 26.9. The summed E-state index contributed by atoms with van der Waals surface area (Å²) in [6.07, 6.45) is 0. The number of nitrogens with one attached hydrogen (secondary N) is 2. The van der Waals surface area contributed by atoms with E-state index < -0.39 is 10.0 Å². The summed E-state index contributed by atoms with van der Waals surface area (Å²) in [6, 6.07) is 0.115. The summed E-state index contributed by atoms with van der Waals surface area (Å²) in [5, 5.41) is 3.92. The van der Waals surface area contributed by atoms with Gasteiger partial charge in [-0.05, 0) is 27.3 Å². The first-order valence-corrected chi connectivity index (χ1v) is 7.84. The van der Waals surface area contributed by atoms with Crippen LogP contribution in [0.2, 0.25) is 0 Å². The molecule has 2 N–H and O–H groups in total. The Morgan fingerprint density at radius 3 is 2.44 bits per heavy atom. The fourth-order valence-corrected chi connectivity index (χ4v) is 4.14. The topological polar surface area (TPSA) is 71.1 Å². The van der Waals surface area contributed by atoms with Gasteiger partial charge in [-0.1, -0.05) is 6.92 Å². The van der Waals surface area contributed by atoms with Gasteiger partial charge in [0.05, 0.1) is 10.7 Å². The second-order valence-corrected chi connectivity index (χ2v) is 7.08. The van der Waals surface area contributed by atoms with E-state index >= 15 is 0 Å². The fourth-order valence-electron chi connectivity index (χ4n) is 1.48. The molecule has 18 heavy (non-hydrogen) atoms. The molecule has 0 fully saturated rings. The number of nitrogens with zero attached hydrogens (tertiary/aromatic N) is 1. The monoisotopic (exact) mass is 313 g/mol. The van der Waals surface area contributed by atoms with Gasteiger partial charge in [0.2, 0.25) is 0 Å². The first-order valence-electron chi connectivity index (χ1n) is 5.54. The molecule has 0 bridgehead atoms. The van der Waals surface area contributed by atoms with Crippen molar-refractivity contribution < 1.29 is 8.42 Å². The Hall–Kier alpha value is -0.210. The van der Waals surface area contributed by atoms with Crippen molar-refractivity contribution in [1.29, 1.82) is 0 Å². The van der Waals surface area contributed by atoms with E-state index in [1.54, 1.807) is 13.8 Å². The van der Waals surface area contributed by atoms with Gasteiger partial charge < -0.3 is 5.32 Å². The Morgan fingerprint density at radius 1 is 1.39 bits per heavy atom. The zero-order valence-electron chi connectivity index (χ0n) is 11.0. The molecule has 0 unspecified atom stereocenters. The van der Waals surface area contributed by atoms with Crippen LogP contribution in [0.3, 0.4) is 0 Å². The lowest BCUT2D eigenvalue weighted by Gasteiger charge is -2.12. The van der Waals surface area contributed by atoms with E-state index in [4.69, 9.17) is 0 Å². The van der Waals surface area contributed by atoms with Crippen molar-refractivity contribution in [3.05, 3.63) is 10.7 Å². The first kappa shape index (κ1) is 17.8. The second-order valence-electron chi connectivity index (χ2n) is 3.92. The molecule has 0 spiro atoms. The van der Waals surface area contributed by atoms with E-state index in [1.165, 1.54) is 11.3 Å². The molecular formula is C10H20ClN3O2S2. The minimum Gasteiger partial charge on any atom is -0.313 e. The minimum atomic E-state index is -3.42. The molecule has 8 heteroatoms. The lowest BCUT2D eigenvalue weighted by Crippen LogP contribution is -2.38. The van der Waals surface area contributed by atoms with E-state index in [2.05, 4.69) is 15.0 Å². The molecule has 5 nitrogen and oxygen atoms in total. The maximum absolute atomic E-state index is 12.0. The SMILES string of the molecule is CCN[C@H](C)CNS(=O)(=O)c1sc(C)nc1C.Cl. The third-order valence-electron chi connectivity index (χ3n) is 2.24. The number of rotatable bonds is 6. The number of halogens is 1. The molecule has 106 valence electrons. The van der Waals surface area contributed by atoms with Gasteiger partial charge >= 0.3 is 0 Å². The van der Waals surface area contributed by atoms with Gasteiger partial charge in [0, 0.05) is 12.6 Å². The Bertz CT molecular complexity index is 473. The molecule has 1 aromatic heterocycles. The highest BCUT2D eigenvalue weighted by Gasteiger charge is 2.20. The molecule has 1 atom stereocenters. The Labute approximate surface area is 119 Å². The molecule has 1 rings (SSSR count). The molecule has 0 aliphatic rings. The van der Waals surface area contributed by atoms with Crippen LogP contribution in [0.1, 0.15) is 24.5 Å². The molecule has 0 saturated heterocycles. The fraction of sp³-hybridized carbons (Fsp3) is 0.700. The van der Waals surface area contributed by atoms with Crippen molar-refractivity contribution in [1.82, 2.24) is 15.0 Å². The lowest BCUT2D eigenvalue weighted by atomic mass is 10.3. The van der Waals surface area contributed by atoms with Gasteiger partial charge in [-0.25, -0.2) is 18.1 Å². The molecular weight excluding hydrogens is 294 g/mol. The van der Waals surface area contributed by atoms with Crippen LogP contribution in [0.25, 0.3) is 0 Å². The van der Waals surface area contributed by atoms with Crippen molar-refractivity contribution >= 4 is 33.8 Å². The highest BCUT2D eigenvalue weighted by molar-refractivity contribution is 7.91. The van der Waals surface area contributed by atoms with E-state index in [-0.39, 0.29) is 18.4 Å². The molecule has 1 heterocycles. The van der Waals surface area contributed by atoms with Gasteiger partial charge in [-0.3, -0.25) is 0 Å². The molecule has 0 aliphatic heterocycles. The van der Waals surface area contributed by atoms with E-state index in [9.17, 15) is 8.42 Å². The number of aryl methyl sites for hydroxylation is 2. The molecule has 0 amide bonds. The average molecular weight is 314 g/mol. The van der Waals surface area contributed by atoms with Crippen LogP contribution in [0.15, 0.2) is 4.21 Å². The minimum absolute atomic E-state index is 0. The first-order chi connectivity index (χ1) is 7.86. The predicted molar refractivity (Wildman–Crippen MR) is 77.2 cm³/mol. The summed E-state index contributed by atoms with van der Waals surface area (Å²) in [6.45, 7) is 8.65. The van der Waals surface area contributed by atoms with Gasteiger partial charge in [-0.15, -0.1) is 23.7 Å². The Balaban J connectivity index is 0.00000289. The van der Waals surface area contributed by atoms with Crippen LogP contribution in [0, 0.1) is 13.8 Å². The molecule has 0 aromatic carbocycles. The lowest BCUT2D eigenvalue weighted by molar-refractivity contribution is 0.537. The smallest absolute Gasteiger partial charge is 0.251 e.